The molecule has 1 amide bonds. The topological polar surface area (TPSA) is 76.6 Å². The van der Waals surface area contributed by atoms with Crippen molar-refractivity contribution in [2.75, 3.05) is 25.5 Å². The van der Waals surface area contributed by atoms with E-state index >= 15 is 0 Å². The molecule has 1 atom stereocenters. The van der Waals surface area contributed by atoms with Gasteiger partial charge in [0, 0.05) is 30.3 Å². The molecule has 172 valence electrons. The lowest BCUT2D eigenvalue weighted by molar-refractivity contribution is 0.0206. The molecule has 1 aromatic carbocycles. The number of nitrogens with zero attached hydrogens (tertiary/aromatic N) is 3. The number of methoxy groups -OCH3 is 1. The van der Waals surface area contributed by atoms with E-state index in [4.69, 9.17) is 9.47 Å². The average molecular weight is 439 g/mol. The number of hydrogen-bond acceptors (Lipinski definition) is 6. The molecular weight excluding hydrogens is 404 g/mol. The fourth-order valence-electron chi connectivity index (χ4n) is 4.59. The van der Waals surface area contributed by atoms with Gasteiger partial charge in [-0.15, -0.1) is 10.2 Å². The molecule has 2 aliphatic rings. The van der Waals surface area contributed by atoms with Gasteiger partial charge in [-0.2, -0.15) is 0 Å². The Morgan fingerprint density at radius 1 is 1.16 bits per heavy atom. The second-order valence-electron chi connectivity index (χ2n) is 9.82. The molecule has 2 heterocycles. The molecule has 0 bridgehead atoms. The second-order valence-corrected chi connectivity index (χ2v) is 9.82. The van der Waals surface area contributed by atoms with Crippen molar-refractivity contribution in [2.45, 2.75) is 71.4 Å². The minimum absolute atomic E-state index is 0.134. The molecule has 0 saturated carbocycles. The van der Waals surface area contributed by atoms with Gasteiger partial charge in [0.25, 0.3) is 0 Å². The monoisotopic (exact) mass is 438 g/mol. The van der Waals surface area contributed by atoms with E-state index in [1.807, 2.05) is 26.8 Å². The minimum Gasteiger partial charge on any atom is -0.496 e. The summed E-state index contributed by atoms with van der Waals surface area (Å²) >= 11 is 0. The molecule has 1 N–H and O–H groups in total. The summed E-state index contributed by atoms with van der Waals surface area (Å²) in [6, 6.07) is 6.33. The lowest BCUT2D eigenvalue weighted by Gasteiger charge is -2.34. The first-order valence-corrected chi connectivity index (χ1v) is 11.5. The van der Waals surface area contributed by atoms with Gasteiger partial charge in [0.05, 0.1) is 7.11 Å². The summed E-state index contributed by atoms with van der Waals surface area (Å²) < 4.78 is 11.2. The van der Waals surface area contributed by atoms with Crippen LogP contribution in [0, 0.1) is 6.92 Å². The highest BCUT2D eigenvalue weighted by molar-refractivity contribution is 5.74. The number of benzene rings is 1. The largest absolute Gasteiger partial charge is 0.496 e. The van der Waals surface area contributed by atoms with Gasteiger partial charge in [-0.1, -0.05) is 6.07 Å². The van der Waals surface area contributed by atoms with E-state index in [0.29, 0.717) is 6.54 Å². The molecule has 1 saturated heterocycles. The molecule has 0 radical (unpaired) electrons. The van der Waals surface area contributed by atoms with Crippen LogP contribution in [0.1, 0.15) is 56.7 Å². The SMILES string of the molecule is COc1cc(C)ccc1-c1nnc(N[C@@H]2CCCN(C(=O)OC(C)(C)C)C2)c2c1CCC2. The molecule has 4 rings (SSSR count). The van der Waals surface area contributed by atoms with E-state index in [-0.39, 0.29) is 12.1 Å². The van der Waals surface area contributed by atoms with Crippen LogP contribution in [0.5, 0.6) is 5.75 Å². The van der Waals surface area contributed by atoms with Crippen LogP contribution < -0.4 is 10.1 Å². The van der Waals surface area contributed by atoms with Crippen LogP contribution in [0.15, 0.2) is 18.2 Å². The number of amides is 1. The number of carbonyl (C=O) groups excluding carboxylic acids is 1. The third kappa shape index (κ3) is 4.81. The van der Waals surface area contributed by atoms with Crippen molar-refractivity contribution in [1.82, 2.24) is 15.1 Å². The van der Waals surface area contributed by atoms with Crippen LogP contribution in [0.2, 0.25) is 0 Å². The first-order chi connectivity index (χ1) is 15.2. The van der Waals surface area contributed by atoms with Gasteiger partial charge in [0.15, 0.2) is 5.82 Å². The van der Waals surface area contributed by atoms with Gasteiger partial charge in [-0.3, -0.25) is 0 Å². The quantitative estimate of drug-likeness (QED) is 0.742. The van der Waals surface area contributed by atoms with Gasteiger partial charge in [0.2, 0.25) is 0 Å². The molecule has 0 unspecified atom stereocenters. The maximum atomic E-state index is 12.5. The summed E-state index contributed by atoms with van der Waals surface area (Å²) in [5.74, 6) is 1.68. The number of piperidine rings is 1. The molecule has 1 fully saturated rings. The summed E-state index contributed by atoms with van der Waals surface area (Å²) in [5.41, 5.74) is 5.07. The Hall–Kier alpha value is -2.83. The summed E-state index contributed by atoms with van der Waals surface area (Å²) in [6.07, 6.45) is 4.74. The minimum atomic E-state index is -0.489. The van der Waals surface area contributed by atoms with Crippen LogP contribution in [0.25, 0.3) is 11.3 Å². The van der Waals surface area contributed by atoms with Gasteiger partial charge in [0.1, 0.15) is 17.0 Å². The number of likely N-dealkylation sites (tertiary alicyclic amines) is 1. The summed E-state index contributed by atoms with van der Waals surface area (Å²) in [7, 11) is 1.70. The Balaban J connectivity index is 1.55. The van der Waals surface area contributed by atoms with Crippen molar-refractivity contribution < 1.29 is 14.3 Å². The van der Waals surface area contributed by atoms with Crippen LogP contribution >= 0.6 is 0 Å². The van der Waals surface area contributed by atoms with Gasteiger partial charge >= 0.3 is 6.09 Å². The van der Waals surface area contributed by atoms with Crippen molar-refractivity contribution in [2.24, 2.45) is 0 Å². The maximum Gasteiger partial charge on any atom is 0.410 e. The Kier molecular flexibility index (Phi) is 6.26. The molecule has 32 heavy (non-hydrogen) atoms. The van der Waals surface area contributed by atoms with Gasteiger partial charge in [-0.25, -0.2) is 4.79 Å². The highest BCUT2D eigenvalue weighted by Gasteiger charge is 2.30. The number of anilines is 1. The zero-order valence-electron chi connectivity index (χ0n) is 19.8. The predicted octanol–water partition coefficient (Wildman–Crippen LogP) is 4.76. The van der Waals surface area contributed by atoms with Crippen molar-refractivity contribution in [3.05, 3.63) is 34.9 Å². The van der Waals surface area contributed by atoms with Crippen molar-refractivity contribution in [3.63, 3.8) is 0 Å². The van der Waals surface area contributed by atoms with Crippen LogP contribution in [0.4, 0.5) is 10.6 Å². The number of carbonyl (C=O) groups is 1. The zero-order chi connectivity index (χ0) is 22.9. The van der Waals surface area contributed by atoms with Crippen LogP contribution in [0.3, 0.4) is 0 Å². The lowest BCUT2D eigenvalue weighted by Crippen LogP contribution is -2.47. The normalized spacial score (nSPS) is 18.3. The van der Waals surface area contributed by atoms with Crippen LogP contribution in [-0.2, 0) is 17.6 Å². The Morgan fingerprint density at radius 2 is 1.94 bits per heavy atom. The Bertz CT molecular complexity index is 999. The molecule has 1 aromatic heterocycles. The number of aryl methyl sites for hydroxylation is 1. The van der Waals surface area contributed by atoms with E-state index in [2.05, 4.69) is 34.6 Å². The number of nitrogens with one attached hydrogen (secondary N) is 1. The van der Waals surface area contributed by atoms with Crippen LogP contribution in [-0.4, -0.2) is 53.0 Å². The van der Waals surface area contributed by atoms with Crippen molar-refractivity contribution >= 4 is 11.9 Å². The van der Waals surface area contributed by atoms with Crippen molar-refractivity contribution in [1.29, 1.82) is 0 Å². The Morgan fingerprint density at radius 3 is 2.69 bits per heavy atom. The fraction of sp³-hybridized carbons (Fsp3) is 0.560. The first kappa shape index (κ1) is 22.4. The molecule has 7 nitrogen and oxygen atoms in total. The summed E-state index contributed by atoms with van der Waals surface area (Å²) in [5, 5.41) is 12.8. The summed E-state index contributed by atoms with van der Waals surface area (Å²) in [6.45, 7) is 9.08. The van der Waals surface area contributed by atoms with E-state index in [1.165, 1.54) is 11.1 Å². The molecule has 1 aliphatic carbocycles. The van der Waals surface area contributed by atoms with E-state index in [0.717, 1.165) is 67.0 Å². The Labute approximate surface area is 190 Å². The highest BCUT2D eigenvalue weighted by atomic mass is 16.6. The maximum absolute atomic E-state index is 12.5. The average Bonchev–Trinajstić information content (AvgIpc) is 3.24. The standard InChI is InChI=1S/C25H34N4O3/c1-16-11-12-20(21(14-16)31-5)22-18-9-6-10-19(18)23(28-27-22)26-17-8-7-13-29(15-17)24(30)32-25(2,3)4/h11-12,14,17H,6-10,13,15H2,1-5H3,(H,26,28)/t17-/m1/s1. The summed E-state index contributed by atoms with van der Waals surface area (Å²) in [4.78, 5) is 14.3. The third-order valence-electron chi connectivity index (χ3n) is 6.07. The third-order valence-corrected chi connectivity index (χ3v) is 6.07. The predicted molar refractivity (Wildman–Crippen MR) is 125 cm³/mol. The number of ether oxygens (including phenoxy) is 2. The lowest BCUT2D eigenvalue weighted by atomic mass is 10.0. The molecular formula is C25H34N4O3. The van der Waals surface area contributed by atoms with E-state index < -0.39 is 5.60 Å². The second kappa shape index (κ2) is 8.96. The number of rotatable bonds is 4. The van der Waals surface area contributed by atoms with Gasteiger partial charge in [-0.05, 0) is 83.1 Å². The van der Waals surface area contributed by atoms with E-state index in [1.54, 1.807) is 12.0 Å². The molecule has 2 aromatic rings. The van der Waals surface area contributed by atoms with Crippen molar-refractivity contribution in [3.8, 4) is 17.0 Å². The zero-order valence-corrected chi connectivity index (χ0v) is 19.8. The number of aromatic nitrogens is 2. The molecule has 7 heteroatoms. The first-order valence-electron chi connectivity index (χ1n) is 11.5. The smallest absolute Gasteiger partial charge is 0.410 e. The van der Waals surface area contributed by atoms with E-state index in [9.17, 15) is 4.79 Å². The number of hydrogen-bond donors (Lipinski definition) is 1. The van der Waals surface area contributed by atoms with Gasteiger partial charge < -0.3 is 19.7 Å². The number of fused-ring (bicyclic) bond motifs is 1. The highest BCUT2D eigenvalue weighted by Crippen LogP contribution is 2.38. The molecule has 1 aliphatic heterocycles. The fourth-order valence-corrected chi connectivity index (χ4v) is 4.59. The molecule has 0 spiro atoms.